The summed E-state index contributed by atoms with van der Waals surface area (Å²) in [6.07, 6.45) is 0.958. The maximum absolute atomic E-state index is 10.6. The third-order valence-electron chi connectivity index (χ3n) is 2.36. The highest BCUT2D eigenvalue weighted by Gasteiger charge is 2.06. The lowest BCUT2D eigenvalue weighted by Gasteiger charge is -2.12. The van der Waals surface area contributed by atoms with Crippen LogP contribution in [0.2, 0.25) is 0 Å². The first-order chi connectivity index (χ1) is 7.16. The number of carboxylic acid groups (broad SMARTS) is 1. The van der Waals surface area contributed by atoms with Crippen LogP contribution in [0.15, 0.2) is 30.5 Å². The molecule has 0 aliphatic heterocycles. The van der Waals surface area contributed by atoms with Gasteiger partial charge in [-0.05, 0) is 29.1 Å². The van der Waals surface area contributed by atoms with Crippen LogP contribution in [-0.4, -0.2) is 28.1 Å². The summed E-state index contributed by atoms with van der Waals surface area (Å²) in [6, 6.07) is 7.85. The van der Waals surface area contributed by atoms with E-state index in [9.17, 15) is 4.79 Å². The first-order valence-electron chi connectivity index (χ1n) is 4.67. The van der Waals surface area contributed by atoms with Gasteiger partial charge in [-0.3, -0.25) is 0 Å². The Morgan fingerprint density at radius 1 is 1.47 bits per heavy atom. The minimum absolute atomic E-state index is 0.413. The molecule has 0 atom stereocenters. The van der Waals surface area contributed by atoms with Crippen molar-refractivity contribution < 1.29 is 9.90 Å². The Labute approximate surface area is 87.1 Å². The number of hydrogen-bond donors (Lipinski definition) is 2. The molecule has 4 nitrogen and oxygen atoms in total. The number of nitrogens with one attached hydrogen (secondary N) is 1. The van der Waals surface area contributed by atoms with Crippen molar-refractivity contribution in [2.24, 2.45) is 0 Å². The van der Waals surface area contributed by atoms with E-state index in [-0.39, 0.29) is 0 Å². The zero-order chi connectivity index (χ0) is 10.8. The fourth-order valence-corrected chi connectivity index (χ4v) is 1.54. The van der Waals surface area contributed by atoms with Crippen molar-refractivity contribution in [1.29, 1.82) is 0 Å². The van der Waals surface area contributed by atoms with Gasteiger partial charge in [-0.25, -0.2) is 4.79 Å². The molecule has 0 radical (unpaired) electrons. The molecule has 1 amide bonds. The number of fused-ring (bicyclic) bond motifs is 1. The van der Waals surface area contributed by atoms with E-state index in [1.54, 1.807) is 7.05 Å². The SMILES string of the molecule is CN(Cc1ccc2[nH]ccc2c1)C(=O)O. The Bertz CT molecular complexity index is 490. The Morgan fingerprint density at radius 2 is 2.27 bits per heavy atom. The van der Waals surface area contributed by atoms with E-state index in [4.69, 9.17) is 5.11 Å². The van der Waals surface area contributed by atoms with Crippen molar-refractivity contribution in [3.63, 3.8) is 0 Å². The third-order valence-corrected chi connectivity index (χ3v) is 2.36. The average molecular weight is 204 g/mol. The molecule has 4 heteroatoms. The normalized spacial score (nSPS) is 10.5. The number of amides is 1. The molecular weight excluding hydrogens is 192 g/mol. The molecule has 0 spiro atoms. The summed E-state index contributed by atoms with van der Waals surface area (Å²) in [6.45, 7) is 0.413. The quantitative estimate of drug-likeness (QED) is 0.788. The van der Waals surface area contributed by atoms with Crippen LogP contribution in [0.5, 0.6) is 0 Å². The number of aromatic amines is 1. The summed E-state index contributed by atoms with van der Waals surface area (Å²) >= 11 is 0. The van der Waals surface area contributed by atoms with E-state index in [0.717, 1.165) is 16.5 Å². The van der Waals surface area contributed by atoms with Crippen LogP contribution >= 0.6 is 0 Å². The monoisotopic (exact) mass is 204 g/mol. The van der Waals surface area contributed by atoms with Crippen molar-refractivity contribution in [2.45, 2.75) is 6.54 Å². The van der Waals surface area contributed by atoms with E-state index >= 15 is 0 Å². The van der Waals surface area contributed by atoms with Gasteiger partial charge in [0.15, 0.2) is 0 Å². The van der Waals surface area contributed by atoms with E-state index in [1.807, 2.05) is 30.5 Å². The lowest BCUT2D eigenvalue weighted by atomic mass is 10.1. The lowest BCUT2D eigenvalue weighted by molar-refractivity contribution is 0.154. The Hall–Kier alpha value is -1.97. The van der Waals surface area contributed by atoms with Crippen LogP contribution < -0.4 is 0 Å². The highest BCUT2D eigenvalue weighted by Crippen LogP contribution is 2.15. The van der Waals surface area contributed by atoms with Gasteiger partial charge in [0, 0.05) is 25.3 Å². The number of hydrogen-bond acceptors (Lipinski definition) is 1. The molecule has 78 valence electrons. The molecule has 0 saturated carbocycles. The second-order valence-electron chi connectivity index (χ2n) is 3.54. The topological polar surface area (TPSA) is 56.3 Å². The Balaban J connectivity index is 2.24. The first kappa shape index (κ1) is 9.58. The molecular formula is C11H12N2O2. The summed E-state index contributed by atoms with van der Waals surface area (Å²) in [5, 5.41) is 9.84. The van der Waals surface area contributed by atoms with Gasteiger partial charge in [-0.2, -0.15) is 0 Å². The van der Waals surface area contributed by atoms with Crippen LogP contribution in [0.25, 0.3) is 10.9 Å². The van der Waals surface area contributed by atoms with Gasteiger partial charge in [-0.1, -0.05) is 6.07 Å². The molecule has 2 rings (SSSR count). The largest absolute Gasteiger partial charge is 0.465 e. The van der Waals surface area contributed by atoms with E-state index in [2.05, 4.69) is 4.98 Å². The van der Waals surface area contributed by atoms with Crippen LogP contribution in [0.1, 0.15) is 5.56 Å². The maximum atomic E-state index is 10.6. The molecule has 0 saturated heterocycles. The Morgan fingerprint density at radius 3 is 3.00 bits per heavy atom. The minimum atomic E-state index is -0.913. The van der Waals surface area contributed by atoms with Gasteiger partial charge in [-0.15, -0.1) is 0 Å². The van der Waals surface area contributed by atoms with Crippen LogP contribution in [0.3, 0.4) is 0 Å². The van der Waals surface area contributed by atoms with Gasteiger partial charge in [0.2, 0.25) is 0 Å². The molecule has 15 heavy (non-hydrogen) atoms. The molecule has 0 bridgehead atoms. The van der Waals surface area contributed by atoms with Crippen molar-refractivity contribution in [1.82, 2.24) is 9.88 Å². The maximum Gasteiger partial charge on any atom is 0.407 e. The van der Waals surface area contributed by atoms with Gasteiger partial charge in [0.05, 0.1) is 0 Å². The molecule has 1 heterocycles. The molecule has 0 aliphatic carbocycles. The van der Waals surface area contributed by atoms with Crippen LogP contribution in [0, 0.1) is 0 Å². The standard InChI is InChI=1S/C11H12N2O2/c1-13(11(14)15)7-8-2-3-10-9(6-8)4-5-12-10/h2-6,12H,7H2,1H3,(H,14,15). The van der Waals surface area contributed by atoms with E-state index in [1.165, 1.54) is 4.90 Å². The van der Waals surface area contributed by atoms with E-state index < -0.39 is 6.09 Å². The van der Waals surface area contributed by atoms with Gasteiger partial charge >= 0.3 is 6.09 Å². The summed E-state index contributed by atoms with van der Waals surface area (Å²) in [7, 11) is 1.56. The minimum Gasteiger partial charge on any atom is -0.465 e. The number of carbonyl (C=O) groups is 1. The van der Waals surface area contributed by atoms with Crippen LogP contribution in [0.4, 0.5) is 4.79 Å². The van der Waals surface area contributed by atoms with E-state index in [0.29, 0.717) is 6.54 Å². The van der Waals surface area contributed by atoms with Crippen molar-refractivity contribution in [3.8, 4) is 0 Å². The van der Waals surface area contributed by atoms with Gasteiger partial charge in [0.25, 0.3) is 0 Å². The van der Waals surface area contributed by atoms with Crippen LogP contribution in [-0.2, 0) is 6.54 Å². The first-order valence-corrected chi connectivity index (χ1v) is 4.67. The molecule has 0 unspecified atom stereocenters. The van der Waals surface area contributed by atoms with Crippen molar-refractivity contribution >= 4 is 17.0 Å². The highest BCUT2D eigenvalue weighted by atomic mass is 16.4. The molecule has 2 N–H and O–H groups in total. The predicted molar refractivity (Wildman–Crippen MR) is 57.8 cm³/mol. The zero-order valence-electron chi connectivity index (χ0n) is 8.40. The smallest absolute Gasteiger partial charge is 0.407 e. The lowest BCUT2D eigenvalue weighted by Crippen LogP contribution is -2.23. The number of H-pyrrole nitrogens is 1. The summed E-state index contributed by atoms with van der Waals surface area (Å²) in [5.74, 6) is 0. The summed E-state index contributed by atoms with van der Waals surface area (Å²) in [5.41, 5.74) is 2.06. The van der Waals surface area contributed by atoms with Crippen molar-refractivity contribution in [2.75, 3.05) is 7.05 Å². The number of benzene rings is 1. The average Bonchev–Trinajstić information content (AvgIpc) is 2.64. The number of rotatable bonds is 2. The molecule has 1 aromatic carbocycles. The van der Waals surface area contributed by atoms with Gasteiger partial charge in [0.1, 0.15) is 0 Å². The van der Waals surface area contributed by atoms with Crippen molar-refractivity contribution in [3.05, 3.63) is 36.0 Å². The number of aromatic nitrogens is 1. The molecule has 0 fully saturated rings. The third kappa shape index (κ3) is 1.93. The summed E-state index contributed by atoms with van der Waals surface area (Å²) in [4.78, 5) is 15.0. The zero-order valence-corrected chi connectivity index (χ0v) is 8.40. The fourth-order valence-electron chi connectivity index (χ4n) is 1.54. The predicted octanol–water partition coefficient (Wildman–Crippen LogP) is 2.28. The Kier molecular flexibility index (Phi) is 2.33. The fraction of sp³-hybridized carbons (Fsp3) is 0.182. The summed E-state index contributed by atoms with van der Waals surface area (Å²) < 4.78 is 0. The molecule has 0 aliphatic rings. The second kappa shape index (κ2) is 3.65. The van der Waals surface area contributed by atoms with Gasteiger partial charge < -0.3 is 15.0 Å². The second-order valence-corrected chi connectivity index (χ2v) is 3.54. The molecule has 2 aromatic rings. The molecule has 1 aromatic heterocycles. The highest BCUT2D eigenvalue weighted by molar-refractivity contribution is 5.80. The number of nitrogens with zero attached hydrogens (tertiary/aromatic N) is 1.